The summed E-state index contributed by atoms with van der Waals surface area (Å²) in [5.74, 6) is 1.26. The van der Waals surface area contributed by atoms with Crippen LogP contribution in [0.1, 0.15) is 25.7 Å². The van der Waals surface area contributed by atoms with Crippen molar-refractivity contribution in [1.29, 1.82) is 0 Å². The van der Waals surface area contributed by atoms with Gasteiger partial charge in [-0.25, -0.2) is 0 Å². The molecule has 2 heterocycles. The molecule has 2 aliphatic heterocycles. The first kappa shape index (κ1) is 13.7. The van der Waals surface area contributed by atoms with E-state index in [0.29, 0.717) is 6.42 Å². The molecule has 0 aromatic rings. The van der Waals surface area contributed by atoms with Crippen molar-refractivity contribution >= 4 is 23.6 Å². The maximum atomic E-state index is 11.6. The van der Waals surface area contributed by atoms with Crippen LogP contribution in [0.2, 0.25) is 0 Å². The summed E-state index contributed by atoms with van der Waals surface area (Å²) in [6.07, 6.45) is 2.67. The maximum absolute atomic E-state index is 11.6. The zero-order valence-corrected chi connectivity index (χ0v) is 11.2. The first-order valence-electron chi connectivity index (χ1n) is 6.49. The highest BCUT2D eigenvalue weighted by Gasteiger charge is 2.32. The summed E-state index contributed by atoms with van der Waals surface area (Å²) in [6.45, 7) is 1.65. The maximum Gasteiger partial charge on any atom is 0.304 e. The largest absolute Gasteiger partial charge is 0.481 e. The van der Waals surface area contributed by atoms with E-state index in [1.54, 1.807) is 0 Å². The molecule has 18 heavy (non-hydrogen) atoms. The third kappa shape index (κ3) is 3.62. The Morgan fingerprint density at radius 3 is 3.17 bits per heavy atom. The minimum Gasteiger partial charge on any atom is -0.481 e. The predicted octanol–water partition coefficient (Wildman–Crippen LogP) is 0.547. The number of carbonyl (C=O) groups excluding carboxylic acids is 1. The number of nitrogens with one attached hydrogen (secondary N) is 1. The van der Waals surface area contributed by atoms with Gasteiger partial charge in [0.1, 0.15) is 0 Å². The minimum absolute atomic E-state index is 0.0807. The first-order valence-corrected chi connectivity index (χ1v) is 7.64. The molecule has 0 saturated carbocycles. The molecular formula is C12H20N2O3S. The average Bonchev–Trinajstić information content (AvgIpc) is 2.54. The van der Waals surface area contributed by atoms with Crippen molar-refractivity contribution in [2.75, 3.05) is 24.6 Å². The summed E-state index contributed by atoms with van der Waals surface area (Å²) in [5.41, 5.74) is 0. The van der Waals surface area contributed by atoms with Gasteiger partial charge < -0.3 is 10.4 Å². The molecule has 0 aromatic carbocycles. The van der Waals surface area contributed by atoms with E-state index in [4.69, 9.17) is 5.11 Å². The van der Waals surface area contributed by atoms with Crippen molar-refractivity contribution in [3.05, 3.63) is 0 Å². The lowest BCUT2D eigenvalue weighted by Crippen LogP contribution is -2.50. The van der Waals surface area contributed by atoms with E-state index in [-0.39, 0.29) is 24.4 Å². The number of rotatable bonds is 3. The molecule has 2 aliphatic rings. The second kappa shape index (κ2) is 6.43. The fourth-order valence-electron chi connectivity index (χ4n) is 2.76. The highest BCUT2D eigenvalue weighted by molar-refractivity contribution is 7.99. The third-order valence-corrected chi connectivity index (χ3v) is 4.70. The van der Waals surface area contributed by atoms with Gasteiger partial charge in [-0.2, -0.15) is 11.8 Å². The lowest BCUT2D eigenvalue weighted by atomic mass is 10.0. The van der Waals surface area contributed by atoms with Crippen LogP contribution in [0.4, 0.5) is 0 Å². The van der Waals surface area contributed by atoms with E-state index in [0.717, 1.165) is 37.4 Å². The quantitative estimate of drug-likeness (QED) is 0.785. The number of nitrogens with zero attached hydrogens (tertiary/aromatic N) is 1. The number of aliphatic carboxylic acids is 1. The van der Waals surface area contributed by atoms with Crippen LogP contribution in [0.3, 0.4) is 0 Å². The molecule has 102 valence electrons. The van der Waals surface area contributed by atoms with Crippen molar-refractivity contribution < 1.29 is 14.7 Å². The lowest BCUT2D eigenvalue weighted by molar-refractivity contribution is -0.138. The summed E-state index contributed by atoms with van der Waals surface area (Å²) in [7, 11) is 0. The van der Waals surface area contributed by atoms with E-state index in [2.05, 4.69) is 10.2 Å². The molecule has 1 amide bonds. The smallest absolute Gasteiger partial charge is 0.304 e. The van der Waals surface area contributed by atoms with Crippen molar-refractivity contribution in [2.45, 2.75) is 37.8 Å². The van der Waals surface area contributed by atoms with Gasteiger partial charge in [0, 0.05) is 43.1 Å². The Morgan fingerprint density at radius 1 is 1.56 bits per heavy atom. The van der Waals surface area contributed by atoms with E-state index in [9.17, 15) is 9.59 Å². The van der Waals surface area contributed by atoms with Gasteiger partial charge in [-0.15, -0.1) is 0 Å². The van der Waals surface area contributed by atoms with Crippen LogP contribution in [0, 0.1) is 0 Å². The zero-order chi connectivity index (χ0) is 13.0. The molecule has 2 saturated heterocycles. The van der Waals surface area contributed by atoms with Crippen molar-refractivity contribution in [1.82, 2.24) is 10.2 Å². The van der Waals surface area contributed by atoms with Gasteiger partial charge in [0.2, 0.25) is 5.91 Å². The molecule has 0 radical (unpaired) electrons. The number of thioether (sulfide) groups is 1. The van der Waals surface area contributed by atoms with Crippen molar-refractivity contribution in [3.8, 4) is 0 Å². The summed E-state index contributed by atoms with van der Waals surface area (Å²) < 4.78 is 0. The monoisotopic (exact) mass is 272 g/mol. The topological polar surface area (TPSA) is 69.6 Å². The summed E-state index contributed by atoms with van der Waals surface area (Å²) >= 11 is 1.81. The Balaban J connectivity index is 2.02. The zero-order valence-electron chi connectivity index (χ0n) is 10.4. The number of carboxylic acids is 1. The van der Waals surface area contributed by atoms with Crippen molar-refractivity contribution in [3.63, 3.8) is 0 Å². The molecule has 0 spiro atoms. The van der Waals surface area contributed by atoms with Gasteiger partial charge in [-0.05, 0) is 12.8 Å². The molecule has 2 N–H and O–H groups in total. The fraction of sp³-hybridized carbons (Fsp3) is 0.833. The van der Waals surface area contributed by atoms with E-state index in [1.165, 1.54) is 0 Å². The van der Waals surface area contributed by atoms with E-state index >= 15 is 0 Å². The molecule has 2 unspecified atom stereocenters. The minimum atomic E-state index is -0.745. The number of hydrogen-bond donors (Lipinski definition) is 2. The Bertz CT molecular complexity index is 324. The number of amides is 1. The van der Waals surface area contributed by atoms with E-state index < -0.39 is 5.97 Å². The average molecular weight is 272 g/mol. The predicted molar refractivity (Wildman–Crippen MR) is 70.7 cm³/mol. The van der Waals surface area contributed by atoms with Crippen LogP contribution in [-0.2, 0) is 9.59 Å². The summed E-state index contributed by atoms with van der Waals surface area (Å²) in [5, 5.41) is 11.9. The molecule has 5 nitrogen and oxygen atoms in total. The normalized spacial score (nSPS) is 30.6. The Kier molecular flexibility index (Phi) is 4.88. The van der Waals surface area contributed by atoms with Crippen LogP contribution in [0.5, 0.6) is 0 Å². The van der Waals surface area contributed by atoms with Gasteiger partial charge in [-0.3, -0.25) is 14.5 Å². The van der Waals surface area contributed by atoms with Crippen LogP contribution < -0.4 is 5.32 Å². The SMILES string of the molecule is O=C(O)CC1CSCCN1C1CCCNC(=O)C1. The second-order valence-corrected chi connectivity index (χ2v) is 6.06. The third-order valence-electron chi connectivity index (χ3n) is 3.61. The van der Waals surface area contributed by atoms with Gasteiger partial charge >= 0.3 is 5.97 Å². The highest BCUT2D eigenvalue weighted by atomic mass is 32.2. The number of carboxylic acid groups (broad SMARTS) is 1. The summed E-state index contributed by atoms with van der Waals surface area (Å²) in [4.78, 5) is 24.8. The lowest BCUT2D eigenvalue weighted by Gasteiger charge is -2.39. The van der Waals surface area contributed by atoms with Crippen LogP contribution in [-0.4, -0.2) is 58.6 Å². The Labute approximate surface area is 111 Å². The molecule has 2 atom stereocenters. The molecule has 0 aliphatic carbocycles. The molecular weight excluding hydrogens is 252 g/mol. The standard InChI is InChI=1S/C12H20N2O3S/c15-11-6-9(2-1-3-13-11)14-4-5-18-8-10(14)7-12(16)17/h9-10H,1-8H2,(H,13,15)(H,16,17). The molecule has 0 bridgehead atoms. The van der Waals surface area contributed by atoms with E-state index in [1.807, 2.05) is 11.8 Å². The van der Waals surface area contributed by atoms with Gasteiger partial charge in [-0.1, -0.05) is 0 Å². The summed E-state index contributed by atoms with van der Waals surface area (Å²) in [6, 6.07) is 0.301. The second-order valence-electron chi connectivity index (χ2n) is 4.91. The molecule has 2 fully saturated rings. The highest BCUT2D eigenvalue weighted by Crippen LogP contribution is 2.25. The molecule has 0 aromatic heterocycles. The molecule has 2 rings (SSSR count). The van der Waals surface area contributed by atoms with Gasteiger partial charge in [0.25, 0.3) is 0 Å². The van der Waals surface area contributed by atoms with Crippen LogP contribution in [0.25, 0.3) is 0 Å². The number of carbonyl (C=O) groups is 2. The fourth-order valence-corrected chi connectivity index (χ4v) is 3.85. The van der Waals surface area contributed by atoms with Crippen LogP contribution >= 0.6 is 11.8 Å². The number of hydrogen-bond acceptors (Lipinski definition) is 4. The van der Waals surface area contributed by atoms with Crippen molar-refractivity contribution in [2.24, 2.45) is 0 Å². The Hall–Kier alpha value is -0.750. The molecule has 6 heteroatoms. The van der Waals surface area contributed by atoms with Crippen LogP contribution in [0.15, 0.2) is 0 Å². The van der Waals surface area contributed by atoms with Gasteiger partial charge in [0.05, 0.1) is 6.42 Å². The Morgan fingerprint density at radius 2 is 2.39 bits per heavy atom. The van der Waals surface area contributed by atoms with Gasteiger partial charge in [0.15, 0.2) is 0 Å². The first-order chi connectivity index (χ1) is 8.66.